The van der Waals surface area contributed by atoms with Gasteiger partial charge in [0.25, 0.3) is 5.91 Å². The average molecular weight is 425 g/mol. The number of nitrogens with one attached hydrogen (secondary N) is 1. The van der Waals surface area contributed by atoms with E-state index < -0.39 is 6.10 Å². The van der Waals surface area contributed by atoms with E-state index in [9.17, 15) is 4.79 Å². The summed E-state index contributed by atoms with van der Waals surface area (Å²) < 4.78 is 5.92. The minimum Gasteiger partial charge on any atom is -0.481 e. The lowest BCUT2D eigenvalue weighted by atomic mass is 9.93. The van der Waals surface area contributed by atoms with Crippen molar-refractivity contribution in [2.75, 3.05) is 13.1 Å². The van der Waals surface area contributed by atoms with Crippen LogP contribution in [0.2, 0.25) is 5.02 Å². The number of piperidine rings is 1. The molecule has 0 spiro atoms. The van der Waals surface area contributed by atoms with Gasteiger partial charge in [-0.1, -0.05) is 37.6 Å². The number of H-pyrrole nitrogens is 1. The monoisotopic (exact) mass is 424 g/mol. The second kappa shape index (κ2) is 8.73. The fraction of sp³-hybridized carbons (Fsp3) is 0.400. The molecule has 1 aliphatic heterocycles. The molecule has 2 heterocycles. The first kappa shape index (κ1) is 20.8. The Hall–Kier alpha value is -2.46. The Bertz CT molecular complexity index is 1020. The van der Waals surface area contributed by atoms with Crippen molar-refractivity contribution in [2.45, 2.75) is 51.6 Å². The van der Waals surface area contributed by atoms with E-state index in [1.807, 2.05) is 42.2 Å². The van der Waals surface area contributed by atoms with Crippen molar-refractivity contribution in [3.63, 3.8) is 0 Å². The van der Waals surface area contributed by atoms with Crippen LogP contribution in [0.25, 0.3) is 10.9 Å². The first-order valence-electron chi connectivity index (χ1n) is 10.7. The lowest BCUT2D eigenvalue weighted by molar-refractivity contribution is -0.139. The number of aromatic amines is 1. The Morgan fingerprint density at radius 1 is 1.07 bits per heavy atom. The van der Waals surface area contributed by atoms with Crippen molar-refractivity contribution in [1.82, 2.24) is 9.88 Å². The SMILES string of the molecule is CC(Oc1ccc(C(C)C)cc1)C(=O)N1CCC(c2cc3cc(Cl)ccc3[nH]2)CC1. The highest BCUT2D eigenvalue weighted by atomic mass is 35.5. The summed E-state index contributed by atoms with van der Waals surface area (Å²) in [7, 11) is 0. The minimum atomic E-state index is -0.485. The van der Waals surface area contributed by atoms with Crippen LogP contribution in [0, 0.1) is 0 Å². The smallest absolute Gasteiger partial charge is 0.263 e. The maximum absolute atomic E-state index is 12.9. The molecule has 0 radical (unpaired) electrons. The summed E-state index contributed by atoms with van der Waals surface area (Å²) in [4.78, 5) is 18.3. The summed E-state index contributed by atoms with van der Waals surface area (Å²) in [5, 5.41) is 1.89. The van der Waals surface area contributed by atoms with Crippen LogP contribution >= 0.6 is 11.6 Å². The van der Waals surface area contributed by atoms with Crippen LogP contribution in [0.5, 0.6) is 5.75 Å². The number of carbonyl (C=O) groups is 1. The molecule has 1 aliphatic rings. The van der Waals surface area contributed by atoms with Crippen molar-refractivity contribution >= 4 is 28.4 Å². The van der Waals surface area contributed by atoms with Gasteiger partial charge in [-0.15, -0.1) is 0 Å². The van der Waals surface area contributed by atoms with Crippen LogP contribution in [0.4, 0.5) is 0 Å². The van der Waals surface area contributed by atoms with Crippen molar-refractivity contribution in [1.29, 1.82) is 0 Å². The molecule has 30 heavy (non-hydrogen) atoms. The van der Waals surface area contributed by atoms with Gasteiger partial charge in [-0.05, 0) is 67.6 Å². The predicted molar refractivity (Wildman–Crippen MR) is 122 cm³/mol. The molecule has 1 atom stereocenters. The summed E-state index contributed by atoms with van der Waals surface area (Å²) >= 11 is 6.11. The zero-order chi connectivity index (χ0) is 21.3. The molecule has 0 bridgehead atoms. The number of fused-ring (bicyclic) bond motifs is 1. The Morgan fingerprint density at radius 3 is 2.43 bits per heavy atom. The Labute approximate surface area is 183 Å². The van der Waals surface area contributed by atoms with E-state index in [1.165, 1.54) is 11.3 Å². The molecule has 5 heteroatoms. The molecule has 3 aromatic rings. The number of ether oxygens (including phenoxy) is 1. The highest BCUT2D eigenvalue weighted by Gasteiger charge is 2.28. The fourth-order valence-electron chi connectivity index (χ4n) is 4.20. The van der Waals surface area contributed by atoms with Gasteiger partial charge in [0.05, 0.1) is 0 Å². The van der Waals surface area contributed by atoms with E-state index in [0.29, 0.717) is 11.8 Å². The number of rotatable bonds is 5. The number of carbonyl (C=O) groups excluding carboxylic acids is 1. The van der Waals surface area contributed by atoms with Crippen molar-refractivity contribution in [2.24, 2.45) is 0 Å². The van der Waals surface area contributed by atoms with Crippen LogP contribution in [0.3, 0.4) is 0 Å². The van der Waals surface area contributed by atoms with Gasteiger partial charge in [0.2, 0.25) is 0 Å². The van der Waals surface area contributed by atoms with E-state index in [0.717, 1.165) is 47.6 Å². The fourth-order valence-corrected chi connectivity index (χ4v) is 4.38. The lowest BCUT2D eigenvalue weighted by Crippen LogP contribution is -2.44. The maximum Gasteiger partial charge on any atom is 0.263 e. The Kier molecular flexibility index (Phi) is 6.05. The highest BCUT2D eigenvalue weighted by Crippen LogP contribution is 2.31. The van der Waals surface area contributed by atoms with Crippen molar-refractivity contribution in [3.8, 4) is 5.75 Å². The van der Waals surface area contributed by atoms with Crippen LogP contribution in [-0.2, 0) is 4.79 Å². The van der Waals surface area contributed by atoms with Gasteiger partial charge in [0, 0.05) is 40.6 Å². The molecule has 1 amide bonds. The van der Waals surface area contributed by atoms with Crippen molar-refractivity contribution < 1.29 is 9.53 Å². The van der Waals surface area contributed by atoms with E-state index in [-0.39, 0.29) is 5.91 Å². The van der Waals surface area contributed by atoms with Crippen LogP contribution in [-0.4, -0.2) is 35.0 Å². The van der Waals surface area contributed by atoms with Gasteiger partial charge in [-0.25, -0.2) is 0 Å². The standard InChI is InChI=1S/C25H29ClN2O2/c1-16(2)18-4-7-22(8-5-18)30-17(3)25(29)28-12-10-19(11-13-28)24-15-20-14-21(26)6-9-23(20)27-24/h4-9,14-17,19,27H,10-13H2,1-3H3. The minimum absolute atomic E-state index is 0.0600. The molecule has 1 unspecified atom stereocenters. The van der Waals surface area contributed by atoms with E-state index in [2.05, 4.69) is 37.0 Å². The second-order valence-electron chi connectivity index (χ2n) is 8.54. The number of halogens is 1. The Balaban J connectivity index is 1.34. The third kappa shape index (κ3) is 4.49. The van der Waals surface area contributed by atoms with Crippen LogP contribution in [0.1, 0.15) is 56.7 Å². The third-order valence-corrected chi connectivity index (χ3v) is 6.29. The molecule has 4 rings (SSSR count). The van der Waals surface area contributed by atoms with E-state index >= 15 is 0 Å². The molecule has 1 fully saturated rings. The Morgan fingerprint density at radius 2 is 1.77 bits per heavy atom. The number of likely N-dealkylation sites (tertiary alicyclic amines) is 1. The molecule has 1 N–H and O–H groups in total. The lowest BCUT2D eigenvalue weighted by Gasteiger charge is -2.33. The highest BCUT2D eigenvalue weighted by molar-refractivity contribution is 6.31. The molecule has 4 nitrogen and oxygen atoms in total. The van der Waals surface area contributed by atoms with Gasteiger partial charge in [-0.2, -0.15) is 0 Å². The zero-order valence-electron chi connectivity index (χ0n) is 17.8. The number of aromatic nitrogens is 1. The molecule has 158 valence electrons. The van der Waals surface area contributed by atoms with Gasteiger partial charge in [0.1, 0.15) is 5.75 Å². The molecule has 1 saturated heterocycles. The molecule has 1 aromatic heterocycles. The third-order valence-electron chi connectivity index (χ3n) is 6.06. The quantitative estimate of drug-likeness (QED) is 0.536. The maximum atomic E-state index is 12.9. The predicted octanol–water partition coefficient (Wildman–Crippen LogP) is 6.12. The number of hydrogen-bond donors (Lipinski definition) is 1. The normalized spacial score (nSPS) is 16.2. The summed E-state index contributed by atoms with van der Waals surface area (Å²) in [6, 6.07) is 16.1. The molecule has 0 saturated carbocycles. The first-order chi connectivity index (χ1) is 14.4. The number of nitrogens with zero attached hydrogens (tertiary/aromatic N) is 1. The topological polar surface area (TPSA) is 45.3 Å². The summed E-state index contributed by atoms with van der Waals surface area (Å²) in [5.74, 6) is 1.71. The summed E-state index contributed by atoms with van der Waals surface area (Å²) in [5.41, 5.74) is 3.61. The largest absolute Gasteiger partial charge is 0.481 e. The first-order valence-corrected chi connectivity index (χ1v) is 11.1. The summed E-state index contributed by atoms with van der Waals surface area (Å²) in [6.45, 7) is 7.67. The number of hydrogen-bond acceptors (Lipinski definition) is 2. The molecule has 2 aromatic carbocycles. The van der Waals surface area contributed by atoms with Gasteiger partial charge in [-0.3, -0.25) is 4.79 Å². The number of amides is 1. The average Bonchev–Trinajstić information content (AvgIpc) is 3.17. The second-order valence-corrected chi connectivity index (χ2v) is 8.98. The molecular formula is C25H29ClN2O2. The van der Waals surface area contributed by atoms with Crippen LogP contribution in [0.15, 0.2) is 48.5 Å². The van der Waals surface area contributed by atoms with Crippen molar-refractivity contribution in [3.05, 3.63) is 64.8 Å². The van der Waals surface area contributed by atoms with E-state index in [1.54, 1.807) is 0 Å². The van der Waals surface area contributed by atoms with E-state index in [4.69, 9.17) is 16.3 Å². The van der Waals surface area contributed by atoms with Gasteiger partial charge < -0.3 is 14.6 Å². The summed E-state index contributed by atoms with van der Waals surface area (Å²) in [6.07, 6.45) is 1.41. The molecular weight excluding hydrogens is 396 g/mol. The van der Waals surface area contributed by atoms with Crippen LogP contribution < -0.4 is 4.74 Å². The zero-order valence-corrected chi connectivity index (χ0v) is 18.6. The van der Waals surface area contributed by atoms with Gasteiger partial charge >= 0.3 is 0 Å². The number of benzene rings is 2. The molecule has 0 aliphatic carbocycles. The van der Waals surface area contributed by atoms with Gasteiger partial charge in [0.15, 0.2) is 6.10 Å².